The van der Waals surface area contributed by atoms with Crippen LogP contribution in [0.4, 0.5) is 5.95 Å². The minimum absolute atomic E-state index is 0.0140. The van der Waals surface area contributed by atoms with Gasteiger partial charge in [0.15, 0.2) is 0 Å². The molecule has 0 N–H and O–H groups in total. The van der Waals surface area contributed by atoms with E-state index in [4.69, 9.17) is 4.74 Å². The summed E-state index contributed by atoms with van der Waals surface area (Å²) >= 11 is 0. The summed E-state index contributed by atoms with van der Waals surface area (Å²) in [4.78, 5) is 20.1. The van der Waals surface area contributed by atoms with E-state index in [1.165, 1.54) is 11.9 Å². The van der Waals surface area contributed by atoms with E-state index in [1.807, 2.05) is 22.9 Å². The fraction of sp³-hybridized carbons (Fsp3) is 0.192. The molecule has 6 heteroatoms. The second-order valence-electron chi connectivity index (χ2n) is 8.00. The molecule has 32 heavy (non-hydrogen) atoms. The number of hydrogen-bond donors (Lipinski definition) is 0. The molecule has 0 radical (unpaired) electrons. The van der Waals surface area contributed by atoms with Gasteiger partial charge in [0.25, 0.3) is 5.91 Å². The van der Waals surface area contributed by atoms with Gasteiger partial charge in [0, 0.05) is 5.56 Å². The summed E-state index contributed by atoms with van der Waals surface area (Å²) in [6.07, 6.45) is 2.22. The number of carbonyl (C=O) groups excluding carboxylic acids is 1. The van der Waals surface area contributed by atoms with E-state index in [0.29, 0.717) is 23.7 Å². The van der Waals surface area contributed by atoms with E-state index in [-0.39, 0.29) is 18.0 Å². The lowest BCUT2D eigenvalue weighted by Crippen LogP contribution is -2.42. The van der Waals surface area contributed by atoms with E-state index in [2.05, 4.69) is 53.4 Å². The standard InChI is InChI=1S/C26H24N4O2/c1-18-8-10-20(11-9-18)23-16-24(19-6-4-3-5-7-19)30-26(27-17-28-30)29(23)25(31)21-12-14-22(32-2)15-13-21/h3-15,17,23-24H,16H2,1-2H3/t23-,24-/m0/s1. The van der Waals surface area contributed by atoms with Gasteiger partial charge in [-0.25, -0.2) is 4.68 Å². The predicted octanol–water partition coefficient (Wildman–Crippen LogP) is 4.98. The van der Waals surface area contributed by atoms with Gasteiger partial charge in [-0.05, 0) is 48.7 Å². The van der Waals surface area contributed by atoms with Gasteiger partial charge in [0.1, 0.15) is 12.1 Å². The SMILES string of the molecule is COc1ccc(C(=O)N2c3ncnn3[C@H](c3ccccc3)C[C@H]2c2ccc(C)cc2)cc1. The number of anilines is 1. The average Bonchev–Trinajstić information content (AvgIpc) is 3.33. The highest BCUT2D eigenvalue weighted by Crippen LogP contribution is 2.42. The van der Waals surface area contributed by atoms with Crippen LogP contribution in [0.3, 0.4) is 0 Å². The van der Waals surface area contributed by atoms with Gasteiger partial charge in [-0.15, -0.1) is 0 Å². The lowest BCUT2D eigenvalue weighted by molar-refractivity contribution is 0.0963. The highest BCUT2D eigenvalue weighted by Gasteiger charge is 2.39. The van der Waals surface area contributed by atoms with Crippen molar-refractivity contribution in [2.45, 2.75) is 25.4 Å². The second kappa shape index (κ2) is 8.30. The first-order valence-corrected chi connectivity index (χ1v) is 10.6. The number of aryl methyl sites for hydroxylation is 1. The fourth-order valence-corrected chi connectivity index (χ4v) is 4.32. The number of hydrogen-bond acceptors (Lipinski definition) is 4. The summed E-state index contributed by atoms with van der Waals surface area (Å²) in [5.41, 5.74) is 3.98. The Morgan fingerprint density at radius 2 is 1.59 bits per heavy atom. The van der Waals surface area contributed by atoms with Crippen LogP contribution in [0.25, 0.3) is 0 Å². The van der Waals surface area contributed by atoms with Crippen LogP contribution in [-0.4, -0.2) is 27.8 Å². The highest BCUT2D eigenvalue weighted by molar-refractivity contribution is 6.06. The number of benzene rings is 3. The van der Waals surface area contributed by atoms with Crippen LogP contribution in [0.5, 0.6) is 5.75 Å². The van der Waals surface area contributed by atoms with E-state index >= 15 is 0 Å². The maximum absolute atomic E-state index is 13.8. The van der Waals surface area contributed by atoms with Crippen LogP contribution < -0.4 is 9.64 Å². The van der Waals surface area contributed by atoms with Crippen molar-refractivity contribution >= 4 is 11.9 Å². The summed E-state index contributed by atoms with van der Waals surface area (Å²) < 4.78 is 7.11. The van der Waals surface area contributed by atoms with Crippen molar-refractivity contribution in [3.63, 3.8) is 0 Å². The zero-order valence-electron chi connectivity index (χ0n) is 18.1. The Morgan fingerprint density at radius 3 is 2.28 bits per heavy atom. The monoisotopic (exact) mass is 424 g/mol. The highest BCUT2D eigenvalue weighted by atomic mass is 16.5. The molecule has 4 aromatic rings. The van der Waals surface area contributed by atoms with Crippen LogP contribution in [0.1, 0.15) is 45.6 Å². The molecular formula is C26H24N4O2. The molecule has 0 aliphatic carbocycles. The molecule has 5 rings (SSSR count). The van der Waals surface area contributed by atoms with Crippen molar-refractivity contribution in [1.29, 1.82) is 0 Å². The summed E-state index contributed by atoms with van der Waals surface area (Å²) in [6.45, 7) is 2.06. The molecule has 1 aromatic heterocycles. The average molecular weight is 425 g/mol. The molecule has 3 aromatic carbocycles. The van der Waals surface area contributed by atoms with Gasteiger partial charge in [-0.3, -0.25) is 9.69 Å². The molecular weight excluding hydrogens is 400 g/mol. The number of rotatable bonds is 4. The molecule has 0 spiro atoms. The number of fused-ring (bicyclic) bond motifs is 1. The molecule has 0 fully saturated rings. The third-order valence-electron chi connectivity index (χ3n) is 6.03. The molecule has 1 aliphatic rings. The zero-order valence-corrected chi connectivity index (χ0v) is 18.1. The van der Waals surface area contributed by atoms with Gasteiger partial charge in [-0.2, -0.15) is 10.1 Å². The summed E-state index contributed by atoms with van der Waals surface area (Å²) in [7, 11) is 1.61. The molecule has 0 bridgehead atoms. The van der Waals surface area contributed by atoms with E-state index < -0.39 is 0 Å². The maximum Gasteiger partial charge on any atom is 0.261 e. The number of aromatic nitrogens is 3. The first-order chi connectivity index (χ1) is 15.7. The summed E-state index contributed by atoms with van der Waals surface area (Å²) in [5, 5.41) is 4.50. The van der Waals surface area contributed by atoms with Gasteiger partial charge in [0.2, 0.25) is 5.95 Å². The second-order valence-corrected chi connectivity index (χ2v) is 8.00. The molecule has 160 valence electrons. The first-order valence-electron chi connectivity index (χ1n) is 10.6. The fourth-order valence-electron chi connectivity index (χ4n) is 4.32. The third-order valence-corrected chi connectivity index (χ3v) is 6.03. The Kier molecular flexibility index (Phi) is 5.19. The van der Waals surface area contributed by atoms with Gasteiger partial charge in [0.05, 0.1) is 19.2 Å². The number of ether oxygens (including phenoxy) is 1. The smallest absolute Gasteiger partial charge is 0.261 e. The van der Waals surface area contributed by atoms with Crippen molar-refractivity contribution in [3.8, 4) is 5.75 Å². The molecule has 6 nitrogen and oxygen atoms in total. The summed E-state index contributed by atoms with van der Waals surface area (Å²) in [5.74, 6) is 1.15. The predicted molar refractivity (Wildman–Crippen MR) is 123 cm³/mol. The Labute approximate surface area is 187 Å². The van der Waals surface area contributed by atoms with Crippen LogP contribution in [-0.2, 0) is 0 Å². The number of nitrogens with zero attached hydrogens (tertiary/aromatic N) is 4. The molecule has 2 heterocycles. The van der Waals surface area contributed by atoms with Crippen molar-refractivity contribution in [2.24, 2.45) is 0 Å². The lowest BCUT2D eigenvalue weighted by atomic mass is 9.91. The largest absolute Gasteiger partial charge is 0.497 e. The Hall–Kier alpha value is -3.93. The topological polar surface area (TPSA) is 60.2 Å². The van der Waals surface area contributed by atoms with Gasteiger partial charge in [-0.1, -0.05) is 60.2 Å². The normalized spacial score (nSPS) is 17.6. The Bertz CT molecular complexity index is 1220. The third kappa shape index (κ3) is 3.54. The van der Waals surface area contributed by atoms with Crippen LogP contribution in [0.2, 0.25) is 0 Å². The van der Waals surface area contributed by atoms with E-state index in [1.54, 1.807) is 36.3 Å². The number of amides is 1. The Morgan fingerprint density at radius 1 is 0.906 bits per heavy atom. The quantitative estimate of drug-likeness (QED) is 0.464. The molecule has 2 atom stereocenters. The molecule has 1 aliphatic heterocycles. The van der Waals surface area contributed by atoms with Crippen molar-refractivity contribution < 1.29 is 9.53 Å². The minimum atomic E-state index is -0.174. The van der Waals surface area contributed by atoms with Crippen LogP contribution >= 0.6 is 0 Å². The zero-order chi connectivity index (χ0) is 22.1. The molecule has 0 saturated carbocycles. The van der Waals surface area contributed by atoms with Crippen molar-refractivity contribution in [2.75, 3.05) is 12.0 Å². The minimum Gasteiger partial charge on any atom is -0.497 e. The van der Waals surface area contributed by atoms with Gasteiger partial charge < -0.3 is 4.74 Å². The molecule has 0 unspecified atom stereocenters. The molecule has 1 amide bonds. The first kappa shape index (κ1) is 20.0. The molecule has 0 saturated heterocycles. The summed E-state index contributed by atoms with van der Waals surface area (Å²) in [6, 6.07) is 25.6. The maximum atomic E-state index is 13.8. The van der Waals surface area contributed by atoms with Crippen molar-refractivity contribution in [3.05, 3.63) is 107 Å². The van der Waals surface area contributed by atoms with E-state index in [0.717, 1.165) is 11.1 Å². The van der Waals surface area contributed by atoms with Crippen molar-refractivity contribution in [1.82, 2.24) is 14.8 Å². The van der Waals surface area contributed by atoms with Gasteiger partial charge >= 0.3 is 0 Å². The number of methoxy groups -OCH3 is 1. The van der Waals surface area contributed by atoms with Crippen LogP contribution in [0.15, 0.2) is 85.2 Å². The van der Waals surface area contributed by atoms with E-state index in [9.17, 15) is 4.79 Å². The Balaban J connectivity index is 1.62. The lowest BCUT2D eigenvalue weighted by Gasteiger charge is -2.39. The number of carbonyl (C=O) groups is 1. The van der Waals surface area contributed by atoms with Crippen LogP contribution in [0, 0.1) is 6.92 Å².